The molecule has 0 fully saturated rings. The number of anilines is 2. The van der Waals surface area contributed by atoms with Crippen molar-refractivity contribution in [2.45, 2.75) is 52.6 Å². The van der Waals surface area contributed by atoms with E-state index in [-0.39, 0.29) is 12.6 Å². The maximum atomic E-state index is 9.41. The Bertz CT molecular complexity index is 701. The highest BCUT2D eigenvalue weighted by Gasteiger charge is 2.13. The third-order valence-electron chi connectivity index (χ3n) is 3.91. The van der Waals surface area contributed by atoms with E-state index in [1.54, 1.807) is 6.20 Å². The molecule has 0 saturated heterocycles. The summed E-state index contributed by atoms with van der Waals surface area (Å²) in [7, 11) is 0. The molecule has 0 amide bonds. The van der Waals surface area contributed by atoms with Gasteiger partial charge in [-0.1, -0.05) is 26.3 Å². The van der Waals surface area contributed by atoms with Crippen LogP contribution in [0.3, 0.4) is 0 Å². The smallest absolute Gasteiger partial charge is 0.225 e. The molecule has 0 spiro atoms. The molecule has 1 unspecified atom stereocenters. The van der Waals surface area contributed by atoms with E-state index in [9.17, 15) is 5.11 Å². The number of unbranched alkanes of at least 4 members (excludes halogenated alkanes) is 1. The zero-order valence-electron chi connectivity index (χ0n) is 15.7. The summed E-state index contributed by atoms with van der Waals surface area (Å²) in [6.45, 7) is 6.61. The lowest BCUT2D eigenvalue weighted by atomic mass is 10.2. The van der Waals surface area contributed by atoms with Crippen molar-refractivity contribution in [2.75, 3.05) is 17.2 Å². The monoisotopic (exact) mass is 356 g/mol. The number of pyridine rings is 1. The second-order valence-electron chi connectivity index (χ2n) is 6.04. The SMILES string of the molecule is CCCC=Nc1c(C)nc(NC(CC)CO)nc1NCc1ccccn1. The Morgan fingerprint density at radius 1 is 1.27 bits per heavy atom. The van der Waals surface area contributed by atoms with E-state index in [1.807, 2.05) is 38.3 Å². The molecule has 2 heterocycles. The molecule has 0 bridgehead atoms. The van der Waals surface area contributed by atoms with Crippen LogP contribution in [0.4, 0.5) is 17.5 Å². The molecule has 2 aromatic heterocycles. The van der Waals surface area contributed by atoms with E-state index in [4.69, 9.17) is 0 Å². The number of hydrogen-bond donors (Lipinski definition) is 3. The van der Waals surface area contributed by atoms with Crippen LogP contribution < -0.4 is 10.6 Å². The number of aryl methyl sites for hydroxylation is 1. The summed E-state index contributed by atoms with van der Waals surface area (Å²) in [6.07, 6.45) is 6.39. The fourth-order valence-corrected chi connectivity index (χ4v) is 2.33. The standard InChI is InChI=1S/C19H28N6O/c1-4-6-10-21-17-14(3)23-19(24-15(5-2)13-26)25-18(17)22-12-16-9-7-8-11-20-16/h7-11,15,26H,4-6,12-13H2,1-3H3,(H2,22,23,24,25). The first-order valence-corrected chi connectivity index (χ1v) is 9.10. The van der Waals surface area contributed by atoms with Gasteiger partial charge in [-0.15, -0.1) is 0 Å². The molecule has 2 aromatic rings. The summed E-state index contributed by atoms with van der Waals surface area (Å²) < 4.78 is 0. The van der Waals surface area contributed by atoms with Crippen LogP contribution in [0.2, 0.25) is 0 Å². The van der Waals surface area contributed by atoms with Gasteiger partial charge in [0, 0.05) is 12.4 Å². The Hall–Kier alpha value is -2.54. The highest BCUT2D eigenvalue weighted by Crippen LogP contribution is 2.28. The van der Waals surface area contributed by atoms with Crippen molar-refractivity contribution >= 4 is 23.7 Å². The van der Waals surface area contributed by atoms with Gasteiger partial charge in [-0.05, 0) is 31.9 Å². The molecular formula is C19H28N6O. The van der Waals surface area contributed by atoms with Crippen LogP contribution in [0.1, 0.15) is 44.5 Å². The first-order valence-electron chi connectivity index (χ1n) is 9.10. The Kier molecular flexibility index (Phi) is 7.95. The van der Waals surface area contributed by atoms with E-state index in [1.165, 1.54) is 0 Å². The first-order chi connectivity index (χ1) is 12.7. The third-order valence-corrected chi connectivity index (χ3v) is 3.91. The maximum Gasteiger partial charge on any atom is 0.225 e. The van der Waals surface area contributed by atoms with Crippen LogP contribution in [0.15, 0.2) is 29.4 Å². The lowest BCUT2D eigenvalue weighted by Crippen LogP contribution is -2.24. The highest BCUT2D eigenvalue weighted by atomic mass is 16.3. The highest BCUT2D eigenvalue weighted by molar-refractivity contribution is 5.72. The number of aliphatic hydroxyl groups excluding tert-OH is 1. The topological polar surface area (TPSA) is 95.3 Å². The average Bonchev–Trinajstić information content (AvgIpc) is 2.67. The van der Waals surface area contributed by atoms with Gasteiger partial charge in [-0.25, -0.2) is 4.98 Å². The average molecular weight is 356 g/mol. The van der Waals surface area contributed by atoms with Gasteiger partial charge in [0.1, 0.15) is 5.69 Å². The second-order valence-corrected chi connectivity index (χ2v) is 6.04. The Morgan fingerprint density at radius 2 is 2.12 bits per heavy atom. The van der Waals surface area contributed by atoms with Crippen molar-refractivity contribution < 1.29 is 5.11 Å². The summed E-state index contributed by atoms with van der Waals surface area (Å²) in [5.41, 5.74) is 2.44. The molecule has 0 saturated carbocycles. The molecule has 0 radical (unpaired) electrons. The minimum Gasteiger partial charge on any atom is -0.394 e. The van der Waals surface area contributed by atoms with Crippen molar-refractivity contribution in [3.05, 3.63) is 35.8 Å². The van der Waals surface area contributed by atoms with E-state index < -0.39 is 0 Å². The third kappa shape index (κ3) is 5.77. The summed E-state index contributed by atoms with van der Waals surface area (Å²) in [5, 5.41) is 15.9. The molecule has 7 heteroatoms. The summed E-state index contributed by atoms with van der Waals surface area (Å²) in [4.78, 5) is 18.0. The number of nitrogens with zero attached hydrogens (tertiary/aromatic N) is 4. The predicted octanol–water partition coefficient (Wildman–Crippen LogP) is 3.48. The van der Waals surface area contributed by atoms with Crippen LogP contribution >= 0.6 is 0 Å². The zero-order chi connectivity index (χ0) is 18.8. The lowest BCUT2D eigenvalue weighted by Gasteiger charge is -2.17. The molecule has 3 N–H and O–H groups in total. The van der Waals surface area contributed by atoms with Crippen LogP contribution in [0, 0.1) is 6.92 Å². The van der Waals surface area contributed by atoms with Gasteiger partial charge in [-0.3, -0.25) is 9.98 Å². The lowest BCUT2D eigenvalue weighted by molar-refractivity contribution is 0.271. The first kappa shape index (κ1) is 19.8. The van der Waals surface area contributed by atoms with Gasteiger partial charge in [0.25, 0.3) is 0 Å². The van der Waals surface area contributed by atoms with Gasteiger partial charge in [0.2, 0.25) is 5.95 Å². The fourth-order valence-electron chi connectivity index (χ4n) is 2.33. The summed E-state index contributed by atoms with van der Waals surface area (Å²) in [6, 6.07) is 5.72. The summed E-state index contributed by atoms with van der Waals surface area (Å²) >= 11 is 0. The second kappa shape index (κ2) is 10.5. The number of rotatable bonds is 10. The molecule has 0 aliphatic rings. The fraction of sp³-hybridized carbons (Fsp3) is 0.474. The van der Waals surface area contributed by atoms with Crippen molar-refractivity contribution in [3.63, 3.8) is 0 Å². The molecule has 7 nitrogen and oxygen atoms in total. The number of hydrogen-bond acceptors (Lipinski definition) is 7. The Labute approximate surface area is 155 Å². The predicted molar refractivity (Wildman–Crippen MR) is 106 cm³/mol. The maximum absolute atomic E-state index is 9.41. The van der Waals surface area contributed by atoms with Crippen molar-refractivity contribution in [2.24, 2.45) is 4.99 Å². The molecule has 2 rings (SSSR count). The van der Waals surface area contributed by atoms with Crippen LogP contribution in [-0.4, -0.2) is 38.9 Å². The Balaban J connectivity index is 2.27. The zero-order valence-corrected chi connectivity index (χ0v) is 15.7. The van der Waals surface area contributed by atoms with Crippen molar-refractivity contribution in [3.8, 4) is 0 Å². The van der Waals surface area contributed by atoms with Crippen LogP contribution in [-0.2, 0) is 6.54 Å². The Morgan fingerprint density at radius 3 is 2.77 bits per heavy atom. The van der Waals surface area contributed by atoms with E-state index in [0.717, 1.165) is 36.3 Å². The number of aliphatic imine (C=N–C) groups is 1. The van der Waals surface area contributed by atoms with Gasteiger partial charge >= 0.3 is 0 Å². The van der Waals surface area contributed by atoms with Gasteiger partial charge in [0.05, 0.1) is 30.6 Å². The van der Waals surface area contributed by atoms with E-state index in [0.29, 0.717) is 18.3 Å². The largest absolute Gasteiger partial charge is 0.394 e. The molecule has 0 aliphatic heterocycles. The summed E-state index contributed by atoms with van der Waals surface area (Å²) in [5.74, 6) is 1.15. The van der Waals surface area contributed by atoms with Crippen molar-refractivity contribution in [1.29, 1.82) is 0 Å². The van der Waals surface area contributed by atoms with Gasteiger partial charge in [0.15, 0.2) is 5.82 Å². The van der Waals surface area contributed by atoms with E-state index >= 15 is 0 Å². The van der Waals surface area contributed by atoms with Crippen LogP contribution in [0.25, 0.3) is 0 Å². The van der Waals surface area contributed by atoms with Gasteiger partial charge in [-0.2, -0.15) is 4.98 Å². The van der Waals surface area contributed by atoms with Crippen LogP contribution in [0.5, 0.6) is 0 Å². The number of aliphatic hydroxyl groups is 1. The quantitative estimate of drug-likeness (QED) is 0.564. The molecule has 140 valence electrons. The van der Waals surface area contributed by atoms with Gasteiger partial charge < -0.3 is 15.7 Å². The minimum absolute atomic E-state index is 0.0337. The normalized spacial score (nSPS) is 12.3. The molecule has 0 aliphatic carbocycles. The molecular weight excluding hydrogens is 328 g/mol. The van der Waals surface area contributed by atoms with E-state index in [2.05, 4.69) is 37.5 Å². The molecule has 1 atom stereocenters. The number of nitrogens with one attached hydrogen (secondary N) is 2. The van der Waals surface area contributed by atoms with Crippen molar-refractivity contribution in [1.82, 2.24) is 15.0 Å². The molecule has 26 heavy (non-hydrogen) atoms. The minimum atomic E-state index is -0.0764. The molecule has 0 aromatic carbocycles. The number of aromatic nitrogens is 3.